The fraction of sp³-hybridized carbons (Fsp3) is 0.160. The number of benzene rings is 3. The second kappa shape index (κ2) is 9.01. The lowest BCUT2D eigenvalue weighted by molar-refractivity contribution is -0.137. The van der Waals surface area contributed by atoms with Gasteiger partial charge in [0.2, 0.25) is 5.91 Å². The van der Waals surface area contributed by atoms with Crippen molar-refractivity contribution in [3.8, 4) is 0 Å². The van der Waals surface area contributed by atoms with Gasteiger partial charge in [-0.2, -0.15) is 13.2 Å². The smallest absolute Gasteiger partial charge is 0.325 e. The number of nitrogens with zero attached hydrogens (tertiary/aromatic N) is 1. The SMILES string of the molecule is O=C(CN1C(=O)NC(Cc2ccccc2)(c2ccccc2)C1=O)Nc1ccc(C(F)(F)F)cc1. The van der Waals surface area contributed by atoms with E-state index in [1.54, 1.807) is 30.3 Å². The Morgan fingerprint density at radius 1 is 0.882 bits per heavy atom. The molecule has 4 amide bonds. The van der Waals surface area contributed by atoms with Crippen LogP contribution in [0.5, 0.6) is 0 Å². The average molecular weight is 467 g/mol. The van der Waals surface area contributed by atoms with Crippen molar-refractivity contribution in [1.82, 2.24) is 10.2 Å². The highest BCUT2D eigenvalue weighted by Gasteiger charge is 2.52. The molecule has 9 heteroatoms. The van der Waals surface area contributed by atoms with E-state index in [1.165, 1.54) is 0 Å². The first-order valence-corrected chi connectivity index (χ1v) is 10.4. The zero-order chi connectivity index (χ0) is 24.3. The Morgan fingerprint density at radius 3 is 2.06 bits per heavy atom. The summed E-state index contributed by atoms with van der Waals surface area (Å²) in [4.78, 5) is 39.7. The zero-order valence-electron chi connectivity index (χ0n) is 17.8. The van der Waals surface area contributed by atoms with Gasteiger partial charge in [-0.25, -0.2) is 4.79 Å². The van der Waals surface area contributed by atoms with Gasteiger partial charge in [0.05, 0.1) is 5.56 Å². The van der Waals surface area contributed by atoms with Gasteiger partial charge >= 0.3 is 12.2 Å². The van der Waals surface area contributed by atoms with Crippen LogP contribution in [0.4, 0.5) is 23.7 Å². The van der Waals surface area contributed by atoms with Gasteiger partial charge < -0.3 is 10.6 Å². The average Bonchev–Trinajstić information content (AvgIpc) is 3.05. The standard InChI is InChI=1S/C25H20F3N3O3/c26-25(27,28)19-11-13-20(14-12-19)29-21(32)16-31-22(33)24(30-23(31)34,18-9-5-2-6-10-18)15-17-7-3-1-4-8-17/h1-14H,15-16H2,(H,29,32)(H,30,34). The number of hydrogen-bond acceptors (Lipinski definition) is 3. The lowest BCUT2D eigenvalue weighted by Gasteiger charge is -2.27. The van der Waals surface area contributed by atoms with Gasteiger partial charge in [0.1, 0.15) is 6.54 Å². The molecule has 3 aromatic rings. The van der Waals surface area contributed by atoms with Gasteiger partial charge in [0, 0.05) is 12.1 Å². The van der Waals surface area contributed by atoms with E-state index in [4.69, 9.17) is 0 Å². The molecule has 174 valence electrons. The van der Waals surface area contributed by atoms with Gasteiger partial charge in [0.15, 0.2) is 5.54 Å². The number of carbonyl (C=O) groups is 3. The van der Waals surface area contributed by atoms with Crippen LogP contribution in [-0.4, -0.2) is 29.3 Å². The molecule has 4 rings (SSSR count). The molecule has 1 fully saturated rings. The molecule has 34 heavy (non-hydrogen) atoms. The van der Waals surface area contributed by atoms with E-state index in [0.29, 0.717) is 5.56 Å². The van der Waals surface area contributed by atoms with E-state index in [1.807, 2.05) is 30.3 Å². The third-order valence-corrected chi connectivity index (χ3v) is 5.55. The number of urea groups is 1. The van der Waals surface area contributed by atoms with Gasteiger partial charge in [0.25, 0.3) is 5.91 Å². The monoisotopic (exact) mass is 467 g/mol. The van der Waals surface area contributed by atoms with Crippen molar-refractivity contribution in [1.29, 1.82) is 0 Å². The first-order chi connectivity index (χ1) is 16.2. The number of halogens is 3. The summed E-state index contributed by atoms with van der Waals surface area (Å²) in [6.07, 6.45) is -4.32. The van der Waals surface area contributed by atoms with Crippen LogP contribution in [0.25, 0.3) is 0 Å². The second-order valence-electron chi connectivity index (χ2n) is 7.88. The van der Waals surface area contributed by atoms with Crippen molar-refractivity contribution in [3.63, 3.8) is 0 Å². The number of rotatable bonds is 6. The van der Waals surface area contributed by atoms with Crippen LogP contribution in [0.15, 0.2) is 84.9 Å². The Hall–Kier alpha value is -4.14. The minimum Gasteiger partial charge on any atom is -0.325 e. The zero-order valence-corrected chi connectivity index (χ0v) is 17.8. The highest BCUT2D eigenvalue weighted by molar-refractivity contribution is 6.10. The Balaban J connectivity index is 1.54. The molecule has 3 aromatic carbocycles. The molecule has 1 aliphatic heterocycles. The number of nitrogens with one attached hydrogen (secondary N) is 2. The molecule has 1 heterocycles. The molecule has 0 saturated carbocycles. The fourth-order valence-corrected chi connectivity index (χ4v) is 3.90. The highest BCUT2D eigenvalue weighted by Crippen LogP contribution is 2.33. The Kier molecular flexibility index (Phi) is 6.10. The largest absolute Gasteiger partial charge is 0.416 e. The molecular formula is C25H20F3N3O3. The number of anilines is 1. The maximum absolute atomic E-state index is 13.5. The van der Waals surface area contributed by atoms with Crippen LogP contribution < -0.4 is 10.6 Å². The van der Waals surface area contributed by atoms with Crippen LogP contribution in [0, 0.1) is 0 Å². The minimum absolute atomic E-state index is 0.115. The summed E-state index contributed by atoms with van der Waals surface area (Å²) in [6.45, 7) is -0.588. The number of hydrogen-bond donors (Lipinski definition) is 2. The second-order valence-corrected chi connectivity index (χ2v) is 7.88. The van der Waals surface area contributed by atoms with Gasteiger partial charge in [-0.15, -0.1) is 0 Å². The molecular weight excluding hydrogens is 447 g/mol. The fourth-order valence-electron chi connectivity index (χ4n) is 3.90. The predicted octanol–water partition coefficient (Wildman–Crippen LogP) is 4.33. The topological polar surface area (TPSA) is 78.5 Å². The molecule has 0 bridgehead atoms. The summed E-state index contributed by atoms with van der Waals surface area (Å²) >= 11 is 0. The molecule has 0 aliphatic carbocycles. The summed E-state index contributed by atoms with van der Waals surface area (Å²) in [5.74, 6) is -1.30. The number of amides is 4. The summed E-state index contributed by atoms with van der Waals surface area (Å²) in [5.41, 5.74) is -0.746. The van der Waals surface area contributed by atoms with E-state index in [-0.39, 0.29) is 12.1 Å². The normalized spacial score (nSPS) is 18.0. The summed E-state index contributed by atoms with van der Waals surface area (Å²) < 4.78 is 38.2. The first-order valence-electron chi connectivity index (χ1n) is 10.4. The lowest BCUT2D eigenvalue weighted by Crippen LogP contribution is -2.46. The molecule has 2 N–H and O–H groups in total. The van der Waals surface area contributed by atoms with Gasteiger partial charge in [-0.3, -0.25) is 14.5 Å². The third kappa shape index (κ3) is 4.63. The quantitative estimate of drug-likeness (QED) is 0.530. The maximum atomic E-state index is 13.5. The van der Waals surface area contributed by atoms with Crippen LogP contribution in [-0.2, 0) is 27.7 Å². The first kappa shape index (κ1) is 23.0. The minimum atomic E-state index is -4.50. The molecule has 1 atom stereocenters. The molecule has 0 radical (unpaired) electrons. The Labute approximate surface area is 193 Å². The molecule has 1 saturated heterocycles. The molecule has 1 aliphatic rings. The van der Waals surface area contributed by atoms with Crippen molar-refractivity contribution in [3.05, 3.63) is 102 Å². The van der Waals surface area contributed by atoms with E-state index < -0.39 is 41.7 Å². The van der Waals surface area contributed by atoms with Crippen LogP contribution in [0.2, 0.25) is 0 Å². The van der Waals surface area contributed by atoms with Gasteiger partial charge in [-0.05, 0) is 35.4 Å². The summed E-state index contributed by atoms with van der Waals surface area (Å²) in [5, 5.41) is 5.18. The van der Waals surface area contributed by atoms with Crippen molar-refractivity contribution >= 4 is 23.5 Å². The molecule has 0 aromatic heterocycles. The number of alkyl halides is 3. The van der Waals surface area contributed by atoms with Crippen LogP contribution in [0.1, 0.15) is 16.7 Å². The van der Waals surface area contributed by atoms with E-state index in [2.05, 4.69) is 10.6 Å². The van der Waals surface area contributed by atoms with Crippen molar-refractivity contribution in [2.45, 2.75) is 18.1 Å². The van der Waals surface area contributed by atoms with Gasteiger partial charge in [-0.1, -0.05) is 60.7 Å². The van der Waals surface area contributed by atoms with Crippen LogP contribution in [0.3, 0.4) is 0 Å². The van der Waals surface area contributed by atoms with Crippen molar-refractivity contribution in [2.24, 2.45) is 0 Å². The number of imide groups is 1. The molecule has 0 spiro atoms. The maximum Gasteiger partial charge on any atom is 0.416 e. The van der Waals surface area contributed by atoms with E-state index >= 15 is 0 Å². The lowest BCUT2D eigenvalue weighted by atomic mass is 9.83. The Morgan fingerprint density at radius 2 is 1.47 bits per heavy atom. The molecule has 6 nitrogen and oxygen atoms in total. The Bertz CT molecular complexity index is 1200. The van der Waals surface area contributed by atoms with Crippen molar-refractivity contribution < 1.29 is 27.6 Å². The highest BCUT2D eigenvalue weighted by atomic mass is 19.4. The molecule has 1 unspecified atom stereocenters. The van der Waals surface area contributed by atoms with E-state index in [9.17, 15) is 27.6 Å². The predicted molar refractivity (Wildman–Crippen MR) is 119 cm³/mol. The third-order valence-electron chi connectivity index (χ3n) is 5.55. The summed E-state index contributed by atoms with van der Waals surface area (Å²) in [6, 6.07) is 21.1. The number of carbonyl (C=O) groups excluding carboxylic acids is 3. The van der Waals surface area contributed by atoms with Crippen LogP contribution >= 0.6 is 0 Å². The summed E-state index contributed by atoms with van der Waals surface area (Å²) in [7, 11) is 0. The van der Waals surface area contributed by atoms with Crippen molar-refractivity contribution in [2.75, 3.05) is 11.9 Å². The van der Waals surface area contributed by atoms with E-state index in [0.717, 1.165) is 34.7 Å².